The fraction of sp³-hybridized carbons (Fsp3) is 0.294. The van der Waals surface area contributed by atoms with Crippen LogP contribution in [0.2, 0.25) is 5.02 Å². The van der Waals surface area contributed by atoms with E-state index in [9.17, 15) is 4.79 Å². The van der Waals surface area contributed by atoms with Crippen molar-refractivity contribution in [2.45, 2.75) is 18.5 Å². The predicted octanol–water partition coefficient (Wildman–Crippen LogP) is 3.11. The van der Waals surface area contributed by atoms with Gasteiger partial charge in [0.15, 0.2) is 0 Å². The minimum Gasteiger partial charge on any atom is -0.337 e. The number of alkyl halides is 1. The van der Waals surface area contributed by atoms with E-state index in [1.54, 1.807) is 41.3 Å². The van der Waals surface area contributed by atoms with Crippen molar-refractivity contribution in [2.75, 3.05) is 13.1 Å². The number of piperidine rings is 1. The van der Waals surface area contributed by atoms with Crippen molar-refractivity contribution in [1.29, 1.82) is 0 Å². The van der Waals surface area contributed by atoms with E-state index in [-0.39, 0.29) is 24.4 Å². The van der Waals surface area contributed by atoms with Crippen LogP contribution in [0.15, 0.2) is 36.4 Å². The third-order valence-corrected chi connectivity index (χ3v) is 4.82. The number of nitrogens with zero attached hydrogens (tertiary/aromatic N) is 4. The molecule has 1 N–H and O–H groups in total. The number of hydrogen-bond acceptors (Lipinski definition) is 4. The lowest BCUT2D eigenvalue weighted by Crippen LogP contribution is -2.43. The molecule has 1 aromatic carbocycles. The first-order valence-electron chi connectivity index (χ1n) is 7.97. The zero-order chi connectivity index (χ0) is 17.4. The predicted molar refractivity (Wildman–Crippen MR) is 91.1 cm³/mol. The molecule has 1 fully saturated rings. The van der Waals surface area contributed by atoms with Gasteiger partial charge in [0.2, 0.25) is 5.65 Å². The number of pyridine rings is 1. The van der Waals surface area contributed by atoms with Crippen molar-refractivity contribution in [1.82, 2.24) is 25.3 Å². The normalized spacial score (nSPS) is 17.0. The third-order valence-electron chi connectivity index (χ3n) is 4.59. The minimum atomic E-state index is -1.47. The minimum absolute atomic E-state index is 0.224. The Morgan fingerprint density at radius 1 is 1.20 bits per heavy atom. The Kier molecular flexibility index (Phi) is 3.88. The number of benzene rings is 1. The van der Waals surface area contributed by atoms with Crippen molar-refractivity contribution in [3.63, 3.8) is 0 Å². The Labute approximate surface area is 148 Å². The Balaban J connectivity index is 1.50. The van der Waals surface area contributed by atoms with E-state index in [1.807, 2.05) is 0 Å². The van der Waals surface area contributed by atoms with Gasteiger partial charge in [-0.15, -0.1) is 5.10 Å². The number of carbonyl (C=O) groups excluding carboxylic acids is 1. The number of likely N-dealkylation sites (tertiary alicyclic amines) is 1. The van der Waals surface area contributed by atoms with Gasteiger partial charge in [0.25, 0.3) is 5.91 Å². The molecule has 0 aliphatic carbocycles. The maximum atomic E-state index is 15.3. The molecule has 0 radical (unpaired) electrons. The Hall–Kier alpha value is -2.54. The Bertz CT molecular complexity index is 935. The molecule has 0 atom stereocenters. The zero-order valence-electron chi connectivity index (χ0n) is 13.2. The average Bonchev–Trinajstić information content (AvgIpc) is 3.09. The molecule has 4 rings (SSSR count). The highest BCUT2D eigenvalue weighted by molar-refractivity contribution is 6.30. The van der Waals surface area contributed by atoms with Crippen LogP contribution >= 0.6 is 11.6 Å². The summed E-state index contributed by atoms with van der Waals surface area (Å²) < 4.78 is 15.3. The van der Waals surface area contributed by atoms with E-state index in [4.69, 9.17) is 11.6 Å². The summed E-state index contributed by atoms with van der Waals surface area (Å²) >= 11 is 5.97. The quantitative estimate of drug-likeness (QED) is 0.763. The molecule has 1 saturated heterocycles. The summed E-state index contributed by atoms with van der Waals surface area (Å²) in [6, 6.07) is 10.2. The van der Waals surface area contributed by atoms with Crippen molar-refractivity contribution >= 4 is 28.7 Å². The van der Waals surface area contributed by atoms with Crippen molar-refractivity contribution in [2.24, 2.45) is 0 Å². The van der Waals surface area contributed by atoms with Gasteiger partial charge < -0.3 is 4.90 Å². The highest BCUT2D eigenvalue weighted by Gasteiger charge is 2.38. The topological polar surface area (TPSA) is 74.8 Å². The van der Waals surface area contributed by atoms with Gasteiger partial charge in [-0.3, -0.25) is 4.79 Å². The molecular weight excluding hydrogens is 345 g/mol. The van der Waals surface area contributed by atoms with Crippen LogP contribution in [0.1, 0.15) is 28.9 Å². The highest BCUT2D eigenvalue weighted by atomic mass is 35.5. The van der Waals surface area contributed by atoms with E-state index in [0.29, 0.717) is 34.8 Å². The lowest BCUT2D eigenvalue weighted by molar-refractivity contribution is 0.0417. The van der Waals surface area contributed by atoms with Gasteiger partial charge in [-0.1, -0.05) is 23.7 Å². The van der Waals surface area contributed by atoms with Crippen LogP contribution in [0.3, 0.4) is 0 Å². The fourth-order valence-electron chi connectivity index (χ4n) is 3.14. The largest absolute Gasteiger partial charge is 0.337 e. The van der Waals surface area contributed by atoms with Crippen LogP contribution in [0, 0.1) is 0 Å². The average molecular weight is 360 g/mol. The number of fused-ring (bicyclic) bond motifs is 1. The molecule has 1 amide bonds. The van der Waals surface area contributed by atoms with Crippen LogP contribution in [-0.2, 0) is 5.67 Å². The highest BCUT2D eigenvalue weighted by Crippen LogP contribution is 2.38. The first-order chi connectivity index (χ1) is 12.0. The second-order valence-electron chi connectivity index (χ2n) is 6.13. The van der Waals surface area contributed by atoms with Gasteiger partial charge in [0.05, 0.1) is 0 Å². The number of nitrogens with one attached hydrogen (secondary N) is 1. The van der Waals surface area contributed by atoms with Gasteiger partial charge in [-0.2, -0.15) is 10.3 Å². The van der Waals surface area contributed by atoms with Crippen LogP contribution in [-0.4, -0.2) is 44.3 Å². The number of hydrogen-bond donors (Lipinski definition) is 1. The number of amides is 1. The van der Waals surface area contributed by atoms with Gasteiger partial charge in [0.1, 0.15) is 16.9 Å². The molecule has 0 saturated carbocycles. The van der Waals surface area contributed by atoms with Gasteiger partial charge >= 0.3 is 0 Å². The second-order valence-corrected chi connectivity index (χ2v) is 6.57. The molecule has 3 aromatic rings. The van der Waals surface area contributed by atoms with E-state index >= 15 is 4.39 Å². The maximum Gasteiger partial charge on any atom is 0.272 e. The van der Waals surface area contributed by atoms with Crippen LogP contribution < -0.4 is 0 Å². The standard InChI is InChI=1S/C17H15ClFN5O/c18-12-3-1-2-11(10-12)17(19)6-8-24(9-7-17)16(25)14-5-4-13-15(20-14)22-23-21-13/h1-5,10H,6-9H2,(H,20,21,22,23). The van der Waals surface area contributed by atoms with E-state index in [1.165, 1.54) is 0 Å². The molecule has 6 nitrogen and oxygen atoms in total. The molecule has 25 heavy (non-hydrogen) atoms. The SMILES string of the molecule is O=C(c1ccc2n[nH]nc2n1)N1CCC(F)(c2cccc(Cl)c2)CC1. The maximum absolute atomic E-state index is 15.3. The van der Waals surface area contributed by atoms with Crippen molar-refractivity contribution in [3.05, 3.63) is 52.7 Å². The monoisotopic (exact) mass is 359 g/mol. The molecule has 128 valence electrons. The third kappa shape index (κ3) is 2.95. The Morgan fingerprint density at radius 3 is 2.76 bits per heavy atom. The first-order valence-corrected chi connectivity index (χ1v) is 8.35. The Morgan fingerprint density at radius 2 is 2.00 bits per heavy atom. The molecule has 0 bridgehead atoms. The van der Waals surface area contributed by atoms with Crippen LogP contribution in [0.5, 0.6) is 0 Å². The number of aromatic amines is 1. The molecule has 2 aromatic heterocycles. The van der Waals surface area contributed by atoms with Crippen molar-refractivity contribution in [3.8, 4) is 0 Å². The van der Waals surface area contributed by atoms with Gasteiger partial charge in [0, 0.05) is 31.0 Å². The number of halogens is 2. The second kappa shape index (κ2) is 6.07. The number of rotatable bonds is 2. The lowest BCUT2D eigenvalue weighted by Gasteiger charge is -2.36. The van der Waals surface area contributed by atoms with Crippen molar-refractivity contribution < 1.29 is 9.18 Å². The van der Waals surface area contributed by atoms with Gasteiger partial charge in [-0.25, -0.2) is 9.37 Å². The van der Waals surface area contributed by atoms with E-state index in [2.05, 4.69) is 20.4 Å². The van der Waals surface area contributed by atoms with Crippen LogP contribution in [0.25, 0.3) is 11.2 Å². The molecule has 0 spiro atoms. The molecule has 0 unspecified atom stereocenters. The molecule has 3 heterocycles. The summed E-state index contributed by atoms with van der Waals surface area (Å²) in [5.74, 6) is -0.224. The first kappa shape index (κ1) is 16.0. The summed E-state index contributed by atoms with van der Waals surface area (Å²) in [6.07, 6.45) is 0.455. The molecule has 8 heteroatoms. The van der Waals surface area contributed by atoms with E-state index < -0.39 is 5.67 Å². The number of H-pyrrole nitrogens is 1. The molecule has 1 aliphatic heterocycles. The van der Waals surface area contributed by atoms with Crippen LogP contribution in [0.4, 0.5) is 4.39 Å². The summed E-state index contributed by atoms with van der Waals surface area (Å²) in [7, 11) is 0. The summed E-state index contributed by atoms with van der Waals surface area (Å²) in [5, 5.41) is 10.8. The lowest BCUT2D eigenvalue weighted by atomic mass is 9.86. The summed E-state index contributed by atoms with van der Waals surface area (Å²) in [6.45, 7) is 0.640. The fourth-order valence-corrected chi connectivity index (χ4v) is 3.33. The molecule has 1 aliphatic rings. The smallest absolute Gasteiger partial charge is 0.272 e. The van der Waals surface area contributed by atoms with Gasteiger partial charge in [-0.05, 0) is 29.8 Å². The van der Waals surface area contributed by atoms with E-state index in [0.717, 1.165) is 0 Å². The zero-order valence-corrected chi connectivity index (χ0v) is 14.0. The summed E-state index contributed by atoms with van der Waals surface area (Å²) in [4.78, 5) is 18.5. The summed E-state index contributed by atoms with van der Waals surface area (Å²) in [5.41, 5.74) is 0.371. The molecular formula is C17H15ClFN5O. The number of aromatic nitrogens is 4. The number of carbonyl (C=O) groups is 1.